The number of nitrogens with one attached hydrogen (secondary N) is 1. The molecule has 6 nitrogen and oxygen atoms in total. The summed E-state index contributed by atoms with van der Waals surface area (Å²) in [6.45, 7) is 2.09. The first kappa shape index (κ1) is 13.4. The Morgan fingerprint density at radius 1 is 1.19 bits per heavy atom. The number of hydrogen-bond acceptors (Lipinski definition) is 5. The highest BCUT2D eigenvalue weighted by molar-refractivity contribution is 6.06. The van der Waals surface area contributed by atoms with Crippen LogP contribution in [-0.2, 0) is 0 Å². The van der Waals surface area contributed by atoms with E-state index in [1.165, 1.54) is 12.8 Å². The van der Waals surface area contributed by atoms with Crippen molar-refractivity contribution in [2.75, 3.05) is 29.0 Å². The van der Waals surface area contributed by atoms with Crippen LogP contribution in [0.2, 0.25) is 0 Å². The van der Waals surface area contributed by atoms with Crippen molar-refractivity contribution in [2.24, 2.45) is 0 Å². The highest BCUT2D eigenvalue weighted by Crippen LogP contribution is 2.19. The van der Waals surface area contributed by atoms with Crippen molar-refractivity contribution in [1.82, 2.24) is 9.97 Å². The van der Waals surface area contributed by atoms with Gasteiger partial charge in [-0.2, -0.15) is 0 Å². The van der Waals surface area contributed by atoms with E-state index in [4.69, 9.17) is 5.73 Å². The highest BCUT2D eigenvalue weighted by Gasteiger charge is 2.14. The fourth-order valence-corrected chi connectivity index (χ4v) is 2.39. The van der Waals surface area contributed by atoms with Gasteiger partial charge in [-0.25, -0.2) is 9.97 Å². The van der Waals surface area contributed by atoms with Gasteiger partial charge in [0.15, 0.2) is 5.69 Å². The van der Waals surface area contributed by atoms with E-state index >= 15 is 0 Å². The smallest absolute Gasteiger partial charge is 0.276 e. The van der Waals surface area contributed by atoms with Gasteiger partial charge in [-0.05, 0) is 37.1 Å². The molecule has 0 bridgehead atoms. The summed E-state index contributed by atoms with van der Waals surface area (Å²) in [5.74, 6) is 0.617. The maximum Gasteiger partial charge on any atom is 0.276 e. The van der Waals surface area contributed by atoms with E-state index in [0.29, 0.717) is 11.4 Å². The molecule has 3 heterocycles. The molecule has 2 aromatic heterocycles. The Labute approximate surface area is 123 Å². The van der Waals surface area contributed by atoms with Crippen LogP contribution >= 0.6 is 0 Å². The standard InChI is InChI=1S/C15H17N5O/c16-12-4-3-7-17-14(12)15(21)19-11-5-6-13(18-10-11)20-8-1-2-9-20/h3-7,10H,1-2,8-9,16H2,(H,19,21). The van der Waals surface area contributed by atoms with Crippen LogP contribution < -0.4 is 16.0 Å². The molecule has 1 aliphatic heterocycles. The minimum absolute atomic E-state index is 0.223. The Bertz CT molecular complexity index is 635. The van der Waals surface area contributed by atoms with Gasteiger partial charge in [0.1, 0.15) is 5.82 Å². The number of rotatable bonds is 3. The van der Waals surface area contributed by atoms with Gasteiger partial charge in [0.05, 0.1) is 17.6 Å². The molecule has 6 heteroatoms. The third-order valence-electron chi connectivity index (χ3n) is 3.49. The summed E-state index contributed by atoms with van der Waals surface area (Å²) in [5.41, 5.74) is 6.95. The summed E-state index contributed by atoms with van der Waals surface area (Å²) in [4.78, 5) is 22.7. The van der Waals surface area contributed by atoms with Crippen molar-refractivity contribution in [3.63, 3.8) is 0 Å². The van der Waals surface area contributed by atoms with Crippen LogP contribution in [-0.4, -0.2) is 29.0 Å². The largest absolute Gasteiger partial charge is 0.397 e. The van der Waals surface area contributed by atoms with Gasteiger partial charge in [-0.15, -0.1) is 0 Å². The van der Waals surface area contributed by atoms with Gasteiger partial charge in [0, 0.05) is 19.3 Å². The lowest BCUT2D eigenvalue weighted by atomic mass is 10.3. The van der Waals surface area contributed by atoms with E-state index in [2.05, 4.69) is 20.2 Å². The number of hydrogen-bond donors (Lipinski definition) is 2. The fourth-order valence-electron chi connectivity index (χ4n) is 2.39. The number of pyridine rings is 2. The molecule has 0 unspecified atom stereocenters. The van der Waals surface area contributed by atoms with Gasteiger partial charge < -0.3 is 16.0 Å². The molecule has 3 rings (SSSR count). The molecule has 1 saturated heterocycles. The first-order valence-electron chi connectivity index (χ1n) is 6.97. The maximum absolute atomic E-state index is 12.1. The van der Waals surface area contributed by atoms with Crippen molar-refractivity contribution in [3.05, 3.63) is 42.4 Å². The topological polar surface area (TPSA) is 84.1 Å². The van der Waals surface area contributed by atoms with Crippen LogP contribution in [0.1, 0.15) is 23.3 Å². The molecule has 1 amide bonds. The van der Waals surface area contributed by atoms with E-state index < -0.39 is 0 Å². The minimum atomic E-state index is -0.330. The average molecular weight is 283 g/mol. The van der Waals surface area contributed by atoms with E-state index in [9.17, 15) is 4.79 Å². The molecule has 0 aliphatic carbocycles. The van der Waals surface area contributed by atoms with Crippen LogP contribution in [0.4, 0.5) is 17.2 Å². The third kappa shape index (κ3) is 2.94. The Hall–Kier alpha value is -2.63. The SMILES string of the molecule is Nc1cccnc1C(=O)Nc1ccc(N2CCCC2)nc1. The summed E-state index contributed by atoms with van der Waals surface area (Å²) in [6, 6.07) is 7.11. The van der Waals surface area contributed by atoms with Gasteiger partial charge in [0.25, 0.3) is 5.91 Å². The summed E-state index contributed by atoms with van der Waals surface area (Å²) in [7, 11) is 0. The van der Waals surface area contributed by atoms with Gasteiger partial charge in [0.2, 0.25) is 0 Å². The lowest BCUT2D eigenvalue weighted by Crippen LogP contribution is -2.19. The van der Waals surface area contributed by atoms with Crippen molar-refractivity contribution in [3.8, 4) is 0 Å². The molecule has 0 radical (unpaired) electrons. The molecule has 2 aromatic rings. The second-order valence-corrected chi connectivity index (χ2v) is 4.99. The Balaban J connectivity index is 1.70. The molecule has 3 N–H and O–H groups in total. The predicted molar refractivity (Wildman–Crippen MR) is 82.3 cm³/mol. The van der Waals surface area contributed by atoms with Crippen LogP contribution in [0.3, 0.4) is 0 Å². The number of nitrogens with zero attached hydrogens (tertiary/aromatic N) is 3. The minimum Gasteiger partial charge on any atom is -0.397 e. The number of nitrogen functional groups attached to an aromatic ring is 1. The molecular weight excluding hydrogens is 266 g/mol. The van der Waals surface area contributed by atoms with E-state index in [0.717, 1.165) is 18.9 Å². The summed E-state index contributed by atoms with van der Waals surface area (Å²) in [5, 5.41) is 2.75. The Morgan fingerprint density at radius 3 is 2.67 bits per heavy atom. The van der Waals surface area contributed by atoms with Crippen LogP contribution in [0.5, 0.6) is 0 Å². The summed E-state index contributed by atoms with van der Waals surface area (Å²) >= 11 is 0. The van der Waals surface area contributed by atoms with Crippen molar-refractivity contribution >= 4 is 23.1 Å². The van der Waals surface area contributed by atoms with Gasteiger partial charge in [-0.1, -0.05) is 0 Å². The van der Waals surface area contributed by atoms with Gasteiger partial charge in [-0.3, -0.25) is 4.79 Å². The molecule has 1 aliphatic rings. The van der Waals surface area contributed by atoms with Gasteiger partial charge >= 0.3 is 0 Å². The second-order valence-electron chi connectivity index (χ2n) is 4.99. The molecule has 108 valence electrons. The second kappa shape index (κ2) is 5.78. The van der Waals surface area contributed by atoms with Crippen LogP contribution in [0.15, 0.2) is 36.7 Å². The lowest BCUT2D eigenvalue weighted by Gasteiger charge is -2.16. The number of nitrogens with two attached hydrogens (primary N) is 1. The first-order valence-corrected chi connectivity index (χ1v) is 6.97. The lowest BCUT2D eigenvalue weighted by molar-refractivity contribution is 0.102. The third-order valence-corrected chi connectivity index (χ3v) is 3.49. The van der Waals surface area contributed by atoms with Crippen molar-refractivity contribution in [2.45, 2.75) is 12.8 Å². The van der Waals surface area contributed by atoms with Crippen molar-refractivity contribution in [1.29, 1.82) is 0 Å². The Morgan fingerprint density at radius 2 is 2.00 bits per heavy atom. The first-order chi connectivity index (χ1) is 10.2. The summed E-state index contributed by atoms with van der Waals surface area (Å²) in [6.07, 6.45) is 5.61. The molecule has 1 fully saturated rings. The highest BCUT2D eigenvalue weighted by atomic mass is 16.1. The van der Waals surface area contributed by atoms with E-state index in [1.54, 1.807) is 24.5 Å². The summed E-state index contributed by atoms with van der Waals surface area (Å²) < 4.78 is 0. The number of carbonyl (C=O) groups excluding carboxylic acids is 1. The Kier molecular flexibility index (Phi) is 3.68. The van der Waals surface area contributed by atoms with Crippen LogP contribution in [0.25, 0.3) is 0 Å². The number of carbonyl (C=O) groups is 1. The van der Waals surface area contributed by atoms with Crippen molar-refractivity contribution < 1.29 is 4.79 Å². The van der Waals surface area contributed by atoms with E-state index in [1.807, 2.05) is 12.1 Å². The number of amides is 1. The molecule has 0 saturated carbocycles. The molecular formula is C15H17N5O. The van der Waals surface area contributed by atoms with E-state index in [-0.39, 0.29) is 11.6 Å². The zero-order chi connectivity index (χ0) is 14.7. The normalized spacial score (nSPS) is 14.2. The number of aromatic nitrogens is 2. The molecule has 0 atom stereocenters. The molecule has 0 aromatic carbocycles. The van der Waals surface area contributed by atoms with Crippen LogP contribution in [0, 0.1) is 0 Å². The predicted octanol–water partition coefficient (Wildman–Crippen LogP) is 1.91. The maximum atomic E-state index is 12.1. The molecule has 0 spiro atoms. The number of anilines is 3. The molecule has 21 heavy (non-hydrogen) atoms. The zero-order valence-corrected chi connectivity index (χ0v) is 11.6. The quantitative estimate of drug-likeness (QED) is 0.899. The zero-order valence-electron chi connectivity index (χ0n) is 11.6. The monoisotopic (exact) mass is 283 g/mol. The fraction of sp³-hybridized carbons (Fsp3) is 0.267. The average Bonchev–Trinajstić information content (AvgIpc) is 3.02.